The average Bonchev–Trinajstić information content (AvgIpc) is 2.33. The Bertz CT molecular complexity index is 517. The van der Waals surface area contributed by atoms with Crippen molar-refractivity contribution >= 4 is 12.1 Å². The number of esters is 1. The Morgan fingerprint density at radius 2 is 2.26 bits per heavy atom. The summed E-state index contributed by atoms with van der Waals surface area (Å²) in [7, 11) is 1.19. The van der Waals surface area contributed by atoms with E-state index in [1.54, 1.807) is 6.07 Å². The van der Waals surface area contributed by atoms with E-state index in [4.69, 9.17) is 5.11 Å². The molecule has 0 spiro atoms. The van der Waals surface area contributed by atoms with Gasteiger partial charge in [0.25, 0.3) is 0 Å². The highest BCUT2D eigenvalue weighted by Crippen LogP contribution is 2.22. The molecular weight excluding hydrogens is 253 g/mol. The Morgan fingerprint density at radius 1 is 1.53 bits per heavy atom. The topological polar surface area (TPSA) is 66.8 Å². The molecule has 0 aromatic heterocycles. The summed E-state index contributed by atoms with van der Waals surface area (Å²) in [5, 5.41) is 8.88. The number of amides is 1. The van der Waals surface area contributed by atoms with E-state index in [2.05, 4.69) is 4.74 Å². The lowest BCUT2D eigenvalue weighted by molar-refractivity contribution is 0.0595. The van der Waals surface area contributed by atoms with Crippen LogP contribution in [-0.2, 0) is 11.2 Å². The fourth-order valence-electron chi connectivity index (χ4n) is 2.14. The van der Waals surface area contributed by atoms with Crippen LogP contribution in [0.5, 0.6) is 0 Å². The van der Waals surface area contributed by atoms with Crippen LogP contribution in [-0.4, -0.2) is 41.8 Å². The second kappa shape index (κ2) is 5.26. The summed E-state index contributed by atoms with van der Waals surface area (Å²) in [5.74, 6) is -1.37. The lowest BCUT2D eigenvalue weighted by atomic mass is 9.95. The summed E-state index contributed by atoms with van der Waals surface area (Å²) in [6.45, 7) is 0.517. The molecule has 1 amide bonds. The molecule has 1 atom stereocenters. The Hall–Kier alpha value is -2.11. The smallest absolute Gasteiger partial charge is 0.407 e. The van der Waals surface area contributed by atoms with Gasteiger partial charge in [-0.3, -0.25) is 0 Å². The number of ether oxygens (including phenoxy) is 1. The number of carboxylic acid groups (broad SMARTS) is 1. The van der Waals surface area contributed by atoms with Crippen LogP contribution in [0.4, 0.5) is 9.18 Å². The third-order valence-electron chi connectivity index (χ3n) is 3.30. The molecule has 1 N–H and O–H groups in total. The monoisotopic (exact) mass is 267 g/mol. The zero-order valence-corrected chi connectivity index (χ0v) is 10.4. The van der Waals surface area contributed by atoms with Crippen molar-refractivity contribution < 1.29 is 23.8 Å². The van der Waals surface area contributed by atoms with E-state index >= 15 is 0 Å². The first-order valence-electron chi connectivity index (χ1n) is 5.89. The molecule has 1 fully saturated rings. The summed E-state index contributed by atoms with van der Waals surface area (Å²) in [5.41, 5.74) is 0.552. The number of nitrogens with zero attached hydrogens (tertiary/aromatic N) is 1. The Kier molecular flexibility index (Phi) is 3.69. The van der Waals surface area contributed by atoms with Crippen LogP contribution in [0.1, 0.15) is 22.3 Å². The van der Waals surface area contributed by atoms with Gasteiger partial charge in [0.05, 0.1) is 12.7 Å². The SMILES string of the molecule is COC(=O)c1ccc(CC2CCN2C(=O)O)cc1F. The number of hydrogen-bond acceptors (Lipinski definition) is 3. The van der Waals surface area contributed by atoms with Gasteiger partial charge in [-0.05, 0) is 30.5 Å². The van der Waals surface area contributed by atoms with E-state index in [0.29, 0.717) is 18.5 Å². The molecule has 1 aliphatic heterocycles. The van der Waals surface area contributed by atoms with Crippen LogP contribution in [0.3, 0.4) is 0 Å². The number of carbonyl (C=O) groups is 2. The first kappa shape index (κ1) is 13.3. The van der Waals surface area contributed by atoms with Crippen LogP contribution >= 0.6 is 0 Å². The molecule has 0 radical (unpaired) electrons. The Morgan fingerprint density at radius 3 is 2.74 bits per heavy atom. The number of methoxy groups -OCH3 is 1. The minimum Gasteiger partial charge on any atom is -0.465 e. The zero-order chi connectivity index (χ0) is 14.0. The van der Waals surface area contributed by atoms with Crippen LogP contribution in [0, 0.1) is 5.82 Å². The molecular formula is C13H14FNO4. The Labute approximate surface area is 109 Å². The van der Waals surface area contributed by atoms with Gasteiger partial charge in [-0.15, -0.1) is 0 Å². The predicted octanol–water partition coefficient (Wildman–Crippen LogP) is 1.91. The van der Waals surface area contributed by atoms with Crippen molar-refractivity contribution in [2.75, 3.05) is 13.7 Å². The summed E-state index contributed by atoms with van der Waals surface area (Å²) < 4.78 is 18.1. The summed E-state index contributed by atoms with van der Waals surface area (Å²) >= 11 is 0. The maximum atomic E-state index is 13.7. The average molecular weight is 267 g/mol. The summed E-state index contributed by atoms with van der Waals surface area (Å²) in [6.07, 6.45) is 0.264. The van der Waals surface area contributed by atoms with Gasteiger partial charge in [0.1, 0.15) is 5.82 Å². The standard InChI is InChI=1S/C13H14FNO4/c1-19-12(16)10-3-2-8(7-11(10)14)6-9-4-5-15(9)13(17)18/h2-3,7,9H,4-6H2,1H3,(H,17,18). The van der Waals surface area contributed by atoms with Gasteiger partial charge in [0.15, 0.2) is 0 Å². The predicted molar refractivity (Wildman–Crippen MR) is 64.6 cm³/mol. The van der Waals surface area contributed by atoms with Gasteiger partial charge in [-0.25, -0.2) is 14.0 Å². The molecule has 1 saturated heterocycles. The number of hydrogen-bond donors (Lipinski definition) is 1. The van der Waals surface area contributed by atoms with Crippen LogP contribution in [0.2, 0.25) is 0 Å². The summed E-state index contributed by atoms with van der Waals surface area (Å²) in [4.78, 5) is 23.4. The molecule has 0 aliphatic carbocycles. The second-order valence-corrected chi connectivity index (χ2v) is 4.43. The van der Waals surface area contributed by atoms with Crippen molar-refractivity contribution in [3.05, 3.63) is 35.1 Å². The highest BCUT2D eigenvalue weighted by Gasteiger charge is 2.32. The van der Waals surface area contributed by atoms with Gasteiger partial charge in [-0.1, -0.05) is 6.07 Å². The van der Waals surface area contributed by atoms with Gasteiger partial charge >= 0.3 is 12.1 Å². The van der Waals surface area contributed by atoms with E-state index in [9.17, 15) is 14.0 Å². The largest absolute Gasteiger partial charge is 0.465 e. The van der Waals surface area contributed by atoms with Crippen LogP contribution in [0.15, 0.2) is 18.2 Å². The molecule has 6 heteroatoms. The highest BCUT2D eigenvalue weighted by atomic mass is 19.1. The number of carbonyl (C=O) groups excluding carboxylic acids is 1. The molecule has 19 heavy (non-hydrogen) atoms. The fourth-order valence-corrected chi connectivity index (χ4v) is 2.14. The molecule has 0 bridgehead atoms. The summed E-state index contributed by atoms with van der Waals surface area (Å²) in [6, 6.07) is 4.12. The maximum absolute atomic E-state index is 13.7. The first-order valence-corrected chi connectivity index (χ1v) is 5.89. The molecule has 102 valence electrons. The number of rotatable bonds is 3. The van der Waals surface area contributed by atoms with Gasteiger partial charge in [0, 0.05) is 12.6 Å². The van der Waals surface area contributed by atoms with E-state index in [1.807, 2.05) is 0 Å². The lowest BCUT2D eigenvalue weighted by Crippen LogP contribution is -2.51. The molecule has 2 rings (SSSR count). The first-order chi connectivity index (χ1) is 9.02. The number of halogens is 1. The fraction of sp³-hybridized carbons (Fsp3) is 0.385. The van der Waals surface area contributed by atoms with Gasteiger partial charge < -0.3 is 14.7 Å². The van der Waals surface area contributed by atoms with Crippen molar-refractivity contribution in [2.24, 2.45) is 0 Å². The highest BCUT2D eigenvalue weighted by molar-refractivity contribution is 5.89. The second-order valence-electron chi connectivity index (χ2n) is 4.43. The lowest BCUT2D eigenvalue weighted by Gasteiger charge is -2.38. The minimum absolute atomic E-state index is 0.110. The van der Waals surface area contributed by atoms with Crippen molar-refractivity contribution in [1.29, 1.82) is 0 Å². The van der Waals surface area contributed by atoms with E-state index in [-0.39, 0.29) is 11.6 Å². The third kappa shape index (κ3) is 2.67. The molecule has 1 heterocycles. The maximum Gasteiger partial charge on any atom is 0.407 e. The van der Waals surface area contributed by atoms with Crippen molar-refractivity contribution in [3.8, 4) is 0 Å². The molecule has 1 aliphatic rings. The normalized spacial score (nSPS) is 17.8. The quantitative estimate of drug-likeness (QED) is 0.849. The molecule has 1 aromatic rings. The number of likely N-dealkylation sites (tertiary alicyclic amines) is 1. The minimum atomic E-state index is -0.956. The van der Waals surface area contributed by atoms with E-state index in [1.165, 1.54) is 24.1 Å². The molecule has 5 nitrogen and oxygen atoms in total. The van der Waals surface area contributed by atoms with E-state index in [0.717, 1.165) is 6.42 Å². The van der Waals surface area contributed by atoms with Crippen molar-refractivity contribution in [3.63, 3.8) is 0 Å². The van der Waals surface area contributed by atoms with Gasteiger partial charge in [-0.2, -0.15) is 0 Å². The van der Waals surface area contributed by atoms with Crippen molar-refractivity contribution in [2.45, 2.75) is 18.9 Å². The number of benzene rings is 1. The van der Waals surface area contributed by atoms with Crippen LogP contribution < -0.4 is 0 Å². The van der Waals surface area contributed by atoms with Gasteiger partial charge in [0.2, 0.25) is 0 Å². The Balaban J connectivity index is 2.08. The molecule has 1 aromatic carbocycles. The zero-order valence-electron chi connectivity index (χ0n) is 10.4. The van der Waals surface area contributed by atoms with E-state index < -0.39 is 17.9 Å². The molecule has 1 unspecified atom stereocenters. The van der Waals surface area contributed by atoms with Crippen molar-refractivity contribution in [1.82, 2.24) is 4.90 Å². The third-order valence-corrected chi connectivity index (χ3v) is 3.30. The molecule has 0 saturated carbocycles. The van der Waals surface area contributed by atoms with Crippen LogP contribution in [0.25, 0.3) is 0 Å².